The first-order valence-corrected chi connectivity index (χ1v) is 11.9. The van der Waals surface area contributed by atoms with Crippen LogP contribution in [0.1, 0.15) is 28.8 Å². The fourth-order valence-corrected chi connectivity index (χ4v) is 5.73. The second kappa shape index (κ2) is 9.28. The van der Waals surface area contributed by atoms with E-state index >= 15 is 0 Å². The van der Waals surface area contributed by atoms with Crippen LogP contribution in [0.5, 0.6) is 5.75 Å². The third-order valence-electron chi connectivity index (χ3n) is 7.68. The summed E-state index contributed by atoms with van der Waals surface area (Å²) in [6, 6.07) is 10.4. The van der Waals surface area contributed by atoms with Crippen molar-refractivity contribution in [3.8, 4) is 5.75 Å². The average Bonchev–Trinajstić information content (AvgIpc) is 2.91. The number of nitro groups is 1. The summed E-state index contributed by atoms with van der Waals surface area (Å²) in [5.41, 5.74) is 2.55. The molecule has 2 aromatic carbocycles. The Morgan fingerprint density at radius 3 is 2.71 bits per heavy atom. The fraction of sp³-hybridized carbons (Fsp3) is 0.370. The molecule has 0 radical (unpaired) electrons. The van der Waals surface area contributed by atoms with Crippen molar-refractivity contribution in [3.05, 3.63) is 82.4 Å². The van der Waals surface area contributed by atoms with E-state index in [0.717, 1.165) is 37.2 Å². The van der Waals surface area contributed by atoms with Crippen molar-refractivity contribution in [1.29, 1.82) is 0 Å². The molecule has 0 aromatic heterocycles. The molecule has 6 atom stereocenters. The molecule has 3 fully saturated rings. The van der Waals surface area contributed by atoms with Gasteiger partial charge in [0.1, 0.15) is 11.8 Å². The van der Waals surface area contributed by atoms with Crippen LogP contribution in [0.4, 0.5) is 11.4 Å². The minimum atomic E-state index is -0.774. The van der Waals surface area contributed by atoms with E-state index in [1.165, 1.54) is 24.3 Å². The molecule has 182 valence electrons. The van der Waals surface area contributed by atoms with Gasteiger partial charge < -0.3 is 15.2 Å². The van der Waals surface area contributed by atoms with Crippen LogP contribution < -0.4 is 10.1 Å². The summed E-state index contributed by atoms with van der Waals surface area (Å²) in [6.45, 7) is 5.82. The van der Waals surface area contributed by atoms with Crippen molar-refractivity contribution in [2.45, 2.75) is 31.0 Å². The number of Topliss-reactive ketones (excluding diaryl/α,β-unsaturated/α-hetero) is 1. The fourth-order valence-electron chi connectivity index (χ4n) is 5.73. The summed E-state index contributed by atoms with van der Waals surface area (Å²) in [4.78, 5) is 26.2. The van der Waals surface area contributed by atoms with E-state index in [9.17, 15) is 20.0 Å². The third-order valence-corrected chi connectivity index (χ3v) is 7.68. The lowest BCUT2D eigenvalue weighted by molar-refractivity contribution is -0.384. The monoisotopic (exact) mass is 475 g/mol. The highest BCUT2D eigenvalue weighted by Crippen LogP contribution is 2.42. The lowest BCUT2D eigenvalue weighted by Crippen LogP contribution is -2.57. The molecule has 3 saturated heterocycles. The average molecular weight is 476 g/mol. The number of ether oxygens (including phenoxy) is 1. The Morgan fingerprint density at radius 2 is 2.09 bits per heavy atom. The second-order valence-electron chi connectivity index (χ2n) is 9.51. The number of rotatable bonds is 7. The Balaban J connectivity index is 1.48. The van der Waals surface area contributed by atoms with E-state index in [0.29, 0.717) is 28.7 Å². The molecule has 2 N–H and O–H groups in total. The van der Waals surface area contributed by atoms with E-state index < -0.39 is 17.1 Å². The van der Waals surface area contributed by atoms with Crippen molar-refractivity contribution in [2.24, 2.45) is 11.8 Å². The first-order chi connectivity index (χ1) is 16.9. The Hall–Kier alpha value is -3.49. The maximum absolute atomic E-state index is 13.4. The Labute approximate surface area is 204 Å². The Bertz CT molecular complexity index is 1190. The third kappa shape index (κ3) is 4.24. The van der Waals surface area contributed by atoms with Crippen LogP contribution in [0.3, 0.4) is 0 Å². The molecule has 4 heterocycles. The van der Waals surface area contributed by atoms with Gasteiger partial charge in [0, 0.05) is 41.5 Å². The van der Waals surface area contributed by atoms with Gasteiger partial charge in [0.15, 0.2) is 5.78 Å². The molecule has 35 heavy (non-hydrogen) atoms. The van der Waals surface area contributed by atoms with Crippen molar-refractivity contribution < 1.29 is 19.6 Å². The highest BCUT2D eigenvalue weighted by Gasteiger charge is 2.43. The minimum Gasteiger partial charge on any atom is -0.497 e. The zero-order valence-corrected chi connectivity index (χ0v) is 19.6. The van der Waals surface area contributed by atoms with Crippen LogP contribution in [-0.4, -0.2) is 59.1 Å². The minimum absolute atomic E-state index is 0.0384. The molecule has 4 aliphatic rings. The number of ketones is 1. The maximum Gasteiger partial charge on any atom is 0.269 e. The number of carbonyl (C=O) groups excluding carboxylic acids is 1. The van der Waals surface area contributed by atoms with Crippen molar-refractivity contribution in [3.63, 3.8) is 0 Å². The Kier molecular flexibility index (Phi) is 6.17. The van der Waals surface area contributed by atoms with Gasteiger partial charge in [-0.15, -0.1) is 6.58 Å². The van der Waals surface area contributed by atoms with E-state index in [4.69, 9.17) is 4.74 Å². The number of methoxy groups -OCH3 is 1. The van der Waals surface area contributed by atoms with Crippen LogP contribution in [0.15, 0.2) is 61.2 Å². The molecule has 0 aliphatic carbocycles. The van der Waals surface area contributed by atoms with E-state index in [1.54, 1.807) is 13.2 Å². The summed E-state index contributed by atoms with van der Waals surface area (Å²) in [7, 11) is 1.60. The normalized spacial score (nSPS) is 27.7. The van der Waals surface area contributed by atoms with Gasteiger partial charge in [-0.05, 0) is 73.2 Å². The number of anilines is 1. The van der Waals surface area contributed by atoms with Crippen LogP contribution in [0, 0.1) is 22.0 Å². The van der Waals surface area contributed by atoms with E-state index in [2.05, 4.69) is 16.8 Å². The maximum atomic E-state index is 13.4. The summed E-state index contributed by atoms with van der Waals surface area (Å²) < 4.78 is 5.43. The van der Waals surface area contributed by atoms with Gasteiger partial charge in [0.25, 0.3) is 5.69 Å². The SMILES string of the molecule is C=C[C@H]1CN2CCC1C[C@H]2[C@H](O)C1=CC(C(=O)c2ccc([N+](=O)[O-])cc2)Nc2ccc(OC)cc21. The van der Waals surface area contributed by atoms with Crippen LogP contribution in [0.2, 0.25) is 0 Å². The zero-order chi connectivity index (χ0) is 24.7. The molecule has 6 rings (SSSR count). The first kappa shape index (κ1) is 23.3. The molecule has 3 unspecified atom stereocenters. The number of non-ortho nitro benzene ring substituents is 1. The van der Waals surface area contributed by atoms with E-state index in [-0.39, 0.29) is 17.5 Å². The van der Waals surface area contributed by atoms with Gasteiger partial charge in [-0.2, -0.15) is 0 Å². The topological polar surface area (TPSA) is 105 Å². The van der Waals surface area contributed by atoms with E-state index in [1.807, 2.05) is 24.3 Å². The lowest BCUT2D eigenvalue weighted by Gasteiger charge is -2.51. The predicted molar refractivity (Wildman–Crippen MR) is 134 cm³/mol. The van der Waals surface area contributed by atoms with Gasteiger partial charge in [0.05, 0.1) is 18.1 Å². The molecule has 8 heteroatoms. The number of nitro benzene ring substituents is 1. The molecule has 0 spiro atoms. The number of carbonyl (C=O) groups is 1. The highest BCUT2D eigenvalue weighted by atomic mass is 16.6. The first-order valence-electron chi connectivity index (χ1n) is 11.9. The lowest BCUT2D eigenvalue weighted by atomic mass is 9.73. The van der Waals surface area contributed by atoms with Gasteiger partial charge in [-0.1, -0.05) is 6.08 Å². The number of fused-ring (bicyclic) bond motifs is 4. The van der Waals surface area contributed by atoms with Crippen molar-refractivity contribution in [2.75, 3.05) is 25.5 Å². The standard InChI is InChI=1S/C27H29N3O5/c1-3-16-15-29-11-10-18(16)12-25(29)27(32)22-14-24(28-23-9-8-20(35-2)13-21(22)23)26(31)17-4-6-19(7-5-17)30(33)34/h3-9,13-14,16,18,24-25,27-28,32H,1,10-12,15H2,2H3/t16-,18?,24?,25-,27+/m0/s1. The molecular formula is C27H29N3O5. The van der Waals surface area contributed by atoms with Gasteiger partial charge in [-0.3, -0.25) is 19.8 Å². The number of hydrogen-bond acceptors (Lipinski definition) is 7. The van der Waals surface area contributed by atoms with Crippen molar-refractivity contribution in [1.82, 2.24) is 4.90 Å². The molecule has 4 aliphatic heterocycles. The summed E-state index contributed by atoms with van der Waals surface area (Å²) in [6.07, 6.45) is 5.03. The van der Waals surface area contributed by atoms with Crippen LogP contribution >= 0.6 is 0 Å². The molecule has 0 amide bonds. The van der Waals surface area contributed by atoms with Crippen LogP contribution in [0.25, 0.3) is 5.57 Å². The Morgan fingerprint density at radius 1 is 1.31 bits per heavy atom. The number of hydrogen-bond donors (Lipinski definition) is 2. The van der Waals surface area contributed by atoms with Gasteiger partial charge in [0.2, 0.25) is 0 Å². The molecule has 0 saturated carbocycles. The summed E-state index contributed by atoms with van der Waals surface area (Å²) >= 11 is 0. The largest absolute Gasteiger partial charge is 0.497 e. The highest BCUT2D eigenvalue weighted by molar-refractivity contribution is 6.05. The molecule has 2 aromatic rings. The van der Waals surface area contributed by atoms with Crippen molar-refractivity contribution >= 4 is 22.7 Å². The number of nitrogens with zero attached hydrogens (tertiary/aromatic N) is 2. The number of piperidine rings is 3. The van der Waals surface area contributed by atoms with Gasteiger partial charge >= 0.3 is 0 Å². The summed E-state index contributed by atoms with van der Waals surface area (Å²) in [5.74, 6) is 1.39. The second-order valence-corrected chi connectivity index (χ2v) is 9.51. The zero-order valence-electron chi connectivity index (χ0n) is 19.6. The van der Waals surface area contributed by atoms with Gasteiger partial charge in [-0.25, -0.2) is 0 Å². The molecular weight excluding hydrogens is 446 g/mol. The molecule has 2 bridgehead atoms. The predicted octanol–water partition coefficient (Wildman–Crippen LogP) is 3.92. The number of benzene rings is 2. The number of aliphatic hydroxyl groups is 1. The summed E-state index contributed by atoms with van der Waals surface area (Å²) in [5, 5.41) is 25.9. The number of nitrogens with one attached hydrogen (secondary N) is 1. The molecule has 8 nitrogen and oxygen atoms in total. The number of aliphatic hydroxyl groups excluding tert-OH is 1. The smallest absolute Gasteiger partial charge is 0.269 e. The van der Waals surface area contributed by atoms with Crippen LogP contribution in [-0.2, 0) is 0 Å². The quantitative estimate of drug-likeness (QED) is 0.271.